The molecule has 3 heterocycles. The molecule has 25 heavy (non-hydrogen) atoms. The summed E-state index contributed by atoms with van der Waals surface area (Å²) in [5.41, 5.74) is 7.55. The molecule has 7 nitrogen and oxygen atoms in total. The molecule has 3 N–H and O–H groups in total. The molecule has 3 unspecified atom stereocenters. The highest BCUT2D eigenvalue weighted by atomic mass is 16.5. The number of aryl methyl sites for hydroxylation is 2. The Kier molecular flexibility index (Phi) is 4.24. The van der Waals surface area contributed by atoms with Gasteiger partial charge in [0.05, 0.1) is 17.4 Å². The van der Waals surface area contributed by atoms with E-state index in [-0.39, 0.29) is 24.5 Å². The molecule has 7 heteroatoms. The highest BCUT2D eigenvalue weighted by Crippen LogP contribution is 2.28. The lowest BCUT2D eigenvalue weighted by Crippen LogP contribution is -2.66. The summed E-state index contributed by atoms with van der Waals surface area (Å²) in [4.78, 5) is 14.8. The topological polar surface area (TPSA) is 68.9 Å². The van der Waals surface area contributed by atoms with Crippen molar-refractivity contribution >= 4 is 11.6 Å². The number of amides is 1. The molecule has 0 bridgehead atoms. The molecule has 2 fully saturated rings. The van der Waals surface area contributed by atoms with Gasteiger partial charge >= 0.3 is 0 Å². The van der Waals surface area contributed by atoms with Crippen LogP contribution in [-0.2, 0) is 9.53 Å². The van der Waals surface area contributed by atoms with E-state index < -0.39 is 0 Å². The van der Waals surface area contributed by atoms with E-state index >= 15 is 0 Å². The van der Waals surface area contributed by atoms with Crippen molar-refractivity contribution in [1.29, 1.82) is 0 Å². The summed E-state index contributed by atoms with van der Waals surface area (Å²) in [6, 6.07) is 6.21. The number of anilines is 1. The second kappa shape index (κ2) is 6.42. The molecule has 0 radical (unpaired) electrons. The third kappa shape index (κ3) is 2.93. The fourth-order valence-corrected chi connectivity index (χ4v) is 3.88. The average molecular weight is 343 g/mol. The number of hydrogen-bond donors (Lipinski definition) is 3. The minimum atomic E-state index is -0.195. The fourth-order valence-electron chi connectivity index (χ4n) is 3.88. The van der Waals surface area contributed by atoms with Crippen molar-refractivity contribution in [3.05, 3.63) is 41.1 Å². The molecule has 0 aromatic heterocycles. The van der Waals surface area contributed by atoms with Gasteiger partial charge in [-0.05, 0) is 31.4 Å². The number of hydrazine groups is 1. The van der Waals surface area contributed by atoms with Gasteiger partial charge in [-0.1, -0.05) is 18.2 Å². The zero-order valence-corrected chi connectivity index (χ0v) is 14.9. The van der Waals surface area contributed by atoms with Gasteiger partial charge in [-0.15, -0.1) is 0 Å². The lowest BCUT2D eigenvalue weighted by atomic mass is 10.1. The molecular weight excluding hydrogens is 318 g/mol. The number of ether oxygens (including phenoxy) is 1. The number of nitrogens with zero attached hydrogens (tertiary/aromatic N) is 2. The van der Waals surface area contributed by atoms with Crippen LogP contribution < -0.4 is 21.1 Å². The van der Waals surface area contributed by atoms with Gasteiger partial charge in [0.2, 0.25) is 0 Å². The van der Waals surface area contributed by atoms with Crippen LogP contribution in [0.25, 0.3) is 0 Å². The van der Waals surface area contributed by atoms with E-state index in [0.717, 1.165) is 25.2 Å². The van der Waals surface area contributed by atoms with E-state index in [2.05, 4.69) is 46.9 Å². The van der Waals surface area contributed by atoms with Crippen LogP contribution in [0.2, 0.25) is 0 Å². The number of rotatable bonds is 3. The van der Waals surface area contributed by atoms with Crippen LogP contribution in [0.15, 0.2) is 30.0 Å². The zero-order valence-electron chi connectivity index (χ0n) is 14.9. The van der Waals surface area contributed by atoms with Gasteiger partial charge in [0.1, 0.15) is 12.5 Å². The maximum atomic E-state index is 12.6. The van der Waals surface area contributed by atoms with Crippen LogP contribution in [0, 0.1) is 13.8 Å². The standard InChI is InChI=1S/C18H25N5O2/c1-11-5-4-6-12(2)15(11)23-10-14-16(21-23)19-18(20-17(14)24)22-8-7-13(9-22)25-3/h4-6,10,13,16,18-19,21H,7-9H2,1-3H3,(H,20,24). The number of para-hydroxylation sites is 1. The third-order valence-electron chi connectivity index (χ3n) is 5.26. The predicted molar refractivity (Wildman–Crippen MR) is 95.5 cm³/mol. The molecule has 0 spiro atoms. The Morgan fingerprint density at radius 2 is 2.00 bits per heavy atom. The van der Waals surface area contributed by atoms with E-state index in [1.165, 1.54) is 11.1 Å². The van der Waals surface area contributed by atoms with E-state index in [9.17, 15) is 4.79 Å². The van der Waals surface area contributed by atoms with Gasteiger partial charge < -0.3 is 10.1 Å². The number of carbonyl (C=O) groups is 1. The number of hydrogen-bond acceptors (Lipinski definition) is 6. The minimum absolute atomic E-state index is 0.0316. The van der Waals surface area contributed by atoms with Crippen molar-refractivity contribution < 1.29 is 9.53 Å². The molecule has 3 aliphatic heterocycles. The lowest BCUT2D eigenvalue weighted by molar-refractivity contribution is -0.122. The molecule has 134 valence electrons. The third-order valence-corrected chi connectivity index (χ3v) is 5.26. The molecular formula is C18H25N5O2. The van der Waals surface area contributed by atoms with Crippen LogP contribution in [0.4, 0.5) is 5.69 Å². The van der Waals surface area contributed by atoms with Crippen molar-refractivity contribution in [3.8, 4) is 0 Å². The lowest BCUT2D eigenvalue weighted by Gasteiger charge is -2.36. The number of carbonyl (C=O) groups excluding carboxylic acids is 1. The van der Waals surface area contributed by atoms with Crippen molar-refractivity contribution in [3.63, 3.8) is 0 Å². The fraction of sp³-hybridized carbons (Fsp3) is 0.500. The summed E-state index contributed by atoms with van der Waals surface area (Å²) in [6.45, 7) is 5.88. The molecule has 2 saturated heterocycles. The molecule has 1 aromatic rings. The number of fused-ring (bicyclic) bond motifs is 1. The van der Waals surface area contributed by atoms with Gasteiger partial charge in [0, 0.05) is 26.4 Å². The smallest absolute Gasteiger partial charge is 0.254 e. The average Bonchev–Trinajstić information content (AvgIpc) is 3.21. The molecule has 0 aliphatic carbocycles. The van der Waals surface area contributed by atoms with Gasteiger partial charge in [0.15, 0.2) is 0 Å². The second-order valence-electron chi connectivity index (χ2n) is 6.94. The van der Waals surface area contributed by atoms with E-state index in [0.29, 0.717) is 5.57 Å². The van der Waals surface area contributed by atoms with Crippen molar-refractivity contribution in [2.75, 3.05) is 25.2 Å². The first-order valence-corrected chi connectivity index (χ1v) is 8.74. The maximum Gasteiger partial charge on any atom is 0.254 e. The summed E-state index contributed by atoms with van der Waals surface area (Å²) in [5, 5.41) is 8.51. The van der Waals surface area contributed by atoms with Crippen LogP contribution in [0.5, 0.6) is 0 Å². The summed E-state index contributed by atoms with van der Waals surface area (Å²) in [5.74, 6) is -0.0316. The van der Waals surface area contributed by atoms with Crippen LogP contribution in [-0.4, -0.2) is 49.6 Å². The maximum absolute atomic E-state index is 12.6. The highest BCUT2D eigenvalue weighted by molar-refractivity contribution is 5.96. The Hall–Kier alpha value is -1.93. The Labute approximate surface area is 148 Å². The zero-order chi connectivity index (χ0) is 17.6. The van der Waals surface area contributed by atoms with Crippen LogP contribution >= 0.6 is 0 Å². The van der Waals surface area contributed by atoms with Crippen molar-refractivity contribution in [2.24, 2.45) is 0 Å². The molecule has 3 atom stereocenters. The van der Waals surface area contributed by atoms with Gasteiger partial charge in [-0.2, -0.15) is 0 Å². The summed E-state index contributed by atoms with van der Waals surface area (Å²) < 4.78 is 5.43. The Bertz CT molecular complexity index is 699. The monoisotopic (exact) mass is 343 g/mol. The molecule has 4 rings (SSSR count). The predicted octanol–water partition coefficient (Wildman–Crippen LogP) is 0.562. The van der Waals surface area contributed by atoms with Gasteiger partial charge in [-0.25, -0.2) is 5.43 Å². The largest absolute Gasteiger partial charge is 0.380 e. The summed E-state index contributed by atoms with van der Waals surface area (Å²) in [7, 11) is 1.74. The molecule has 3 aliphatic rings. The Balaban J connectivity index is 1.52. The minimum Gasteiger partial charge on any atom is -0.380 e. The first-order chi connectivity index (χ1) is 12.1. The Morgan fingerprint density at radius 3 is 2.68 bits per heavy atom. The van der Waals surface area contributed by atoms with E-state index in [1.807, 2.05) is 17.3 Å². The van der Waals surface area contributed by atoms with Crippen LogP contribution in [0.1, 0.15) is 17.5 Å². The molecule has 1 aromatic carbocycles. The first-order valence-electron chi connectivity index (χ1n) is 8.74. The second-order valence-corrected chi connectivity index (χ2v) is 6.94. The Morgan fingerprint density at radius 1 is 1.24 bits per heavy atom. The SMILES string of the molecule is COC1CCN(C2NC(=O)C3=CN(c4c(C)cccc4C)NC3N2)C1. The molecule has 1 amide bonds. The van der Waals surface area contributed by atoms with Crippen LogP contribution in [0.3, 0.4) is 0 Å². The normalized spacial score (nSPS) is 29.6. The first kappa shape index (κ1) is 16.5. The van der Waals surface area contributed by atoms with Gasteiger partial charge in [-0.3, -0.25) is 20.0 Å². The summed E-state index contributed by atoms with van der Waals surface area (Å²) >= 11 is 0. The highest BCUT2D eigenvalue weighted by Gasteiger charge is 2.40. The summed E-state index contributed by atoms with van der Waals surface area (Å²) in [6.07, 6.45) is 2.73. The number of benzene rings is 1. The number of likely N-dealkylation sites (tertiary alicyclic amines) is 1. The van der Waals surface area contributed by atoms with Crippen molar-refractivity contribution in [1.82, 2.24) is 21.0 Å². The molecule has 0 saturated carbocycles. The number of nitrogens with one attached hydrogen (secondary N) is 3. The van der Waals surface area contributed by atoms with Gasteiger partial charge in [0.25, 0.3) is 5.91 Å². The van der Waals surface area contributed by atoms with Crippen molar-refractivity contribution in [2.45, 2.75) is 38.8 Å². The van der Waals surface area contributed by atoms with E-state index in [4.69, 9.17) is 4.74 Å². The quantitative estimate of drug-likeness (QED) is 0.745. The number of methoxy groups -OCH3 is 1. The van der Waals surface area contributed by atoms with E-state index in [1.54, 1.807) is 7.11 Å².